The van der Waals surface area contributed by atoms with Gasteiger partial charge in [0.05, 0.1) is 12.5 Å². The van der Waals surface area contributed by atoms with E-state index in [-0.39, 0.29) is 23.7 Å². The number of aryl methyl sites for hydroxylation is 1. The molecule has 1 aromatic carbocycles. The van der Waals surface area contributed by atoms with Crippen LogP contribution in [0.1, 0.15) is 43.7 Å². The van der Waals surface area contributed by atoms with Gasteiger partial charge in [0.1, 0.15) is 5.75 Å². The van der Waals surface area contributed by atoms with Crippen LogP contribution in [0.2, 0.25) is 0 Å². The minimum atomic E-state index is -0.348. The lowest BCUT2D eigenvalue weighted by Crippen LogP contribution is -2.52. The van der Waals surface area contributed by atoms with E-state index in [0.29, 0.717) is 18.5 Å². The van der Waals surface area contributed by atoms with Gasteiger partial charge < -0.3 is 15.4 Å². The van der Waals surface area contributed by atoms with Crippen LogP contribution in [0.3, 0.4) is 0 Å². The standard InChI is InChI=1S/C19H28N2O2.ClH/c1-13-5-6-16(10-17(13)23-3)19(7-4-8-19)18(22)21-12-15(11-20)9-14(21)2;/h5-6,10,14-15H,4,7-9,11-12,20H2,1-3H3;1H. The van der Waals surface area contributed by atoms with Crippen molar-refractivity contribution in [1.29, 1.82) is 0 Å². The molecule has 24 heavy (non-hydrogen) atoms. The summed E-state index contributed by atoms with van der Waals surface area (Å²) in [7, 11) is 1.69. The number of hydrogen-bond donors (Lipinski definition) is 1. The fourth-order valence-electron chi connectivity index (χ4n) is 4.15. The van der Waals surface area contributed by atoms with Crippen molar-refractivity contribution in [2.75, 3.05) is 20.2 Å². The fraction of sp³-hybridized carbons (Fsp3) is 0.632. The van der Waals surface area contributed by atoms with Crippen molar-refractivity contribution < 1.29 is 9.53 Å². The van der Waals surface area contributed by atoms with E-state index in [2.05, 4.69) is 30.0 Å². The first kappa shape index (κ1) is 19.1. The molecule has 0 spiro atoms. The Bertz CT molecular complexity index is 601. The maximum absolute atomic E-state index is 13.4. The van der Waals surface area contributed by atoms with Gasteiger partial charge in [0, 0.05) is 12.6 Å². The first-order valence-corrected chi connectivity index (χ1v) is 8.68. The van der Waals surface area contributed by atoms with Crippen LogP contribution in [-0.2, 0) is 10.2 Å². The predicted octanol–water partition coefficient (Wildman–Crippen LogP) is 3.04. The molecule has 2 N–H and O–H groups in total. The maximum atomic E-state index is 13.4. The highest BCUT2D eigenvalue weighted by atomic mass is 35.5. The van der Waals surface area contributed by atoms with Gasteiger partial charge in [0.25, 0.3) is 0 Å². The third-order valence-corrected chi connectivity index (χ3v) is 5.83. The SMILES string of the molecule is COc1cc(C2(C(=O)N3CC(CN)CC3C)CCC2)ccc1C.Cl. The molecule has 1 saturated carbocycles. The highest BCUT2D eigenvalue weighted by molar-refractivity contribution is 5.90. The van der Waals surface area contributed by atoms with Gasteiger partial charge in [-0.1, -0.05) is 18.6 Å². The number of benzene rings is 1. The number of likely N-dealkylation sites (tertiary alicyclic amines) is 1. The third-order valence-electron chi connectivity index (χ3n) is 5.83. The Hall–Kier alpha value is -1.26. The van der Waals surface area contributed by atoms with Gasteiger partial charge in [-0.3, -0.25) is 4.79 Å². The van der Waals surface area contributed by atoms with E-state index in [1.807, 2.05) is 6.92 Å². The Morgan fingerprint density at radius 1 is 1.42 bits per heavy atom. The summed E-state index contributed by atoms with van der Waals surface area (Å²) in [5.74, 6) is 1.60. The molecule has 1 amide bonds. The quantitative estimate of drug-likeness (QED) is 0.906. The van der Waals surface area contributed by atoms with Crippen molar-refractivity contribution in [1.82, 2.24) is 4.90 Å². The molecule has 2 atom stereocenters. The maximum Gasteiger partial charge on any atom is 0.233 e. The molecule has 2 unspecified atom stereocenters. The van der Waals surface area contributed by atoms with Crippen molar-refractivity contribution in [2.24, 2.45) is 11.7 Å². The number of amides is 1. The monoisotopic (exact) mass is 352 g/mol. The number of halogens is 1. The van der Waals surface area contributed by atoms with Crippen molar-refractivity contribution in [3.05, 3.63) is 29.3 Å². The van der Waals surface area contributed by atoms with E-state index >= 15 is 0 Å². The van der Waals surface area contributed by atoms with Crippen LogP contribution < -0.4 is 10.5 Å². The summed E-state index contributed by atoms with van der Waals surface area (Å²) in [5.41, 5.74) is 7.69. The average molecular weight is 353 g/mol. The van der Waals surface area contributed by atoms with Crippen molar-refractivity contribution >= 4 is 18.3 Å². The van der Waals surface area contributed by atoms with Crippen LogP contribution >= 0.6 is 12.4 Å². The summed E-state index contributed by atoms with van der Waals surface area (Å²) in [5, 5.41) is 0. The van der Waals surface area contributed by atoms with Gasteiger partial charge in [0.2, 0.25) is 5.91 Å². The lowest BCUT2D eigenvalue weighted by atomic mass is 9.63. The highest BCUT2D eigenvalue weighted by Crippen LogP contribution is 2.47. The summed E-state index contributed by atoms with van der Waals surface area (Å²) in [6.45, 7) is 5.66. The molecule has 0 aromatic heterocycles. The Balaban J connectivity index is 0.00000208. The average Bonchev–Trinajstić information content (AvgIpc) is 2.88. The summed E-state index contributed by atoms with van der Waals surface area (Å²) in [6.07, 6.45) is 4.02. The van der Waals surface area contributed by atoms with Crippen molar-refractivity contribution in [3.63, 3.8) is 0 Å². The number of nitrogens with two attached hydrogens (primary N) is 1. The van der Waals surface area contributed by atoms with Gasteiger partial charge in [-0.25, -0.2) is 0 Å². The van der Waals surface area contributed by atoms with E-state index < -0.39 is 0 Å². The van der Waals surface area contributed by atoms with Crippen LogP contribution in [0.5, 0.6) is 5.75 Å². The van der Waals surface area contributed by atoms with Gasteiger partial charge in [-0.15, -0.1) is 12.4 Å². The smallest absolute Gasteiger partial charge is 0.233 e. The van der Waals surface area contributed by atoms with E-state index in [1.54, 1.807) is 7.11 Å². The zero-order chi connectivity index (χ0) is 16.6. The first-order valence-electron chi connectivity index (χ1n) is 8.68. The molecule has 1 aromatic rings. The summed E-state index contributed by atoms with van der Waals surface area (Å²) < 4.78 is 5.47. The first-order chi connectivity index (χ1) is 11.0. The Morgan fingerprint density at radius 2 is 2.12 bits per heavy atom. The molecule has 3 rings (SSSR count). The number of ether oxygens (including phenoxy) is 1. The molecule has 1 saturated heterocycles. The molecule has 134 valence electrons. The number of nitrogens with zero attached hydrogens (tertiary/aromatic N) is 1. The van der Waals surface area contributed by atoms with Crippen molar-refractivity contribution in [3.8, 4) is 5.75 Å². The van der Waals surface area contributed by atoms with Crippen LogP contribution in [0, 0.1) is 12.8 Å². The van der Waals surface area contributed by atoms with Crippen molar-refractivity contribution in [2.45, 2.75) is 51.0 Å². The summed E-state index contributed by atoms with van der Waals surface area (Å²) in [4.78, 5) is 15.4. The third kappa shape index (κ3) is 3.02. The van der Waals surface area contributed by atoms with Gasteiger partial charge in [0.15, 0.2) is 0 Å². The van der Waals surface area contributed by atoms with Gasteiger partial charge >= 0.3 is 0 Å². The lowest BCUT2D eigenvalue weighted by molar-refractivity contribution is -0.141. The minimum Gasteiger partial charge on any atom is -0.496 e. The highest BCUT2D eigenvalue weighted by Gasteiger charge is 2.50. The molecule has 2 aliphatic rings. The molecular formula is C19H29ClN2O2. The second-order valence-electron chi connectivity index (χ2n) is 7.26. The Kier molecular flexibility index (Phi) is 5.82. The van der Waals surface area contributed by atoms with Crippen LogP contribution in [0.25, 0.3) is 0 Å². The van der Waals surface area contributed by atoms with Gasteiger partial charge in [-0.05, 0) is 62.8 Å². The fourth-order valence-corrected chi connectivity index (χ4v) is 4.15. The minimum absolute atomic E-state index is 0. The molecule has 0 bridgehead atoms. The van der Waals surface area contributed by atoms with E-state index in [4.69, 9.17) is 10.5 Å². The molecule has 4 nitrogen and oxygen atoms in total. The number of rotatable bonds is 4. The normalized spacial score (nSPS) is 24.9. The molecule has 1 aliphatic carbocycles. The molecular weight excluding hydrogens is 324 g/mol. The number of carbonyl (C=O) groups is 1. The largest absolute Gasteiger partial charge is 0.496 e. The second kappa shape index (κ2) is 7.32. The number of methoxy groups -OCH3 is 1. The second-order valence-corrected chi connectivity index (χ2v) is 7.26. The number of hydrogen-bond acceptors (Lipinski definition) is 3. The van der Waals surface area contributed by atoms with Crippen LogP contribution in [0.4, 0.5) is 0 Å². The van der Waals surface area contributed by atoms with E-state index in [9.17, 15) is 4.79 Å². The topological polar surface area (TPSA) is 55.6 Å². The predicted molar refractivity (Wildman–Crippen MR) is 98.8 cm³/mol. The Labute approximate surface area is 151 Å². The lowest BCUT2D eigenvalue weighted by Gasteiger charge is -2.44. The molecule has 5 heteroatoms. The molecule has 2 fully saturated rings. The van der Waals surface area contributed by atoms with E-state index in [0.717, 1.165) is 49.1 Å². The molecule has 0 radical (unpaired) electrons. The summed E-state index contributed by atoms with van der Waals surface area (Å²) >= 11 is 0. The van der Waals surface area contributed by atoms with Gasteiger partial charge in [-0.2, -0.15) is 0 Å². The molecule has 1 heterocycles. The van der Waals surface area contributed by atoms with E-state index in [1.165, 1.54) is 0 Å². The zero-order valence-corrected chi connectivity index (χ0v) is 15.7. The number of carbonyl (C=O) groups excluding carboxylic acids is 1. The van der Waals surface area contributed by atoms with Crippen LogP contribution in [-0.4, -0.2) is 37.0 Å². The Morgan fingerprint density at radius 3 is 2.62 bits per heavy atom. The zero-order valence-electron chi connectivity index (χ0n) is 14.9. The summed E-state index contributed by atoms with van der Waals surface area (Å²) in [6, 6.07) is 6.53. The van der Waals surface area contributed by atoms with Crippen LogP contribution in [0.15, 0.2) is 18.2 Å². The molecule has 1 aliphatic heterocycles.